The second-order valence-corrected chi connectivity index (χ2v) is 5.80. The van der Waals surface area contributed by atoms with Gasteiger partial charge in [0.05, 0.1) is 4.43 Å². The highest BCUT2D eigenvalue weighted by Gasteiger charge is 2.59. The van der Waals surface area contributed by atoms with Crippen molar-refractivity contribution in [2.75, 3.05) is 11.5 Å². The standard InChI is InChI=1S/C13H18IN3O8/c1-6(18)22-9-10(23-7(2)19)12(16-17-15)25-13(5-14,21-4)11(9)24-8(3)20/h9-12H,5H2,1-4H3/t9-,10-,11-,12-,13-/m1/s1. The van der Waals surface area contributed by atoms with Crippen molar-refractivity contribution in [3.8, 4) is 0 Å². The quantitative estimate of drug-likeness (QED) is 0.107. The van der Waals surface area contributed by atoms with Gasteiger partial charge in [0.25, 0.3) is 0 Å². The van der Waals surface area contributed by atoms with Crippen LogP contribution in [0, 0.1) is 0 Å². The molecule has 0 aromatic carbocycles. The molecule has 1 heterocycles. The van der Waals surface area contributed by atoms with E-state index < -0.39 is 48.2 Å². The first-order chi connectivity index (χ1) is 11.7. The van der Waals surface area contributed by atoms with Gasteiger partial charge in [-0.15, -0.1) is 0 Å². The summed E-state index contributed by atoms with van der Waals surface area (Å²) in [4.78, 5) is 37.2. The van der Waals surface area contributed by atoms with Gasteiger partial charge in [0.2, 0.25) is 5.79 Å². The molecule has 1 rings (SSSR count). The maximum atomic E-state index is 11.5. The zero-order valence-electron chi connectivity index (χ0n) is 14.0. The lowest BCUT2D eigenvalue weighted by Gasteiger charge is -2.48. The molecule has 0 N–H and O–H groups in total. The monoisotopic (exact) mass is 471 g/mol. The molecule has 0 aliphatic carbocycles. The van der Waals surface area contributed by atoms with Gasteiger partial charge in [-0.2, -0.15) is 0 Å². The van der Waals surface area contributed by atoms with Crippen LogP contribution in [0.5, 0.6) is 0 Å². The van der Waals surface area contributed by atoms with E-state index in [1.165, 1.54) is 7.11 Å². The summed E-state index contributed by atoms with van der Waals surface area (Å²) < 4.78 is 26.7. The van der Waals surface area contributed by atoms with E-state index in [1.54, 1.807) is 0 Å². The van der Waals surface area contributed by atoms with Crippen LogP contribution in [-0.4, -0.2) is 59.8 Å². The van der Waals surface area contributed by atoms with Crippen LogP contribution in [0.15, 0.2) is 5.11 Å². The van der Waals surface area contributed by atoms with Gasteiger partial charge in [0.15, 0.2) is 24.5 Å². The summed E-state index contributed by atoms with van der Waals surface area (Å²) in [5.41, 5.74) is 8.77. The molecule has 1 aliphatic rings. The molecule has 0 aromatic rings. The molecule has 12 heteroatoms. The third-order valence-corrected chi connectivity index (χ3v) is 4.31. The number of rotatable bonds is 6. The molecule has 0 aromatic heterocycles. The number of methoxy groups -OCH3 is 1. The Bertz CT molecular complexity index is 576. The zero-order chi connectivity index (χ0) is 19.2. The molecule has 0 spiro atoms. The summed E-state index contributed by atoms with van der Waals surface area (Å²) in [6.07, 6.45) is -5.25. The van der Waals surface area contributed by atoms with Crippen LogP contribution >= 0.6 is 22.6 Å². The average molecular weight is 471 g/mol. The first kappa shape index (κ1) is 21.4. The highest BCUT2D eigenvalue weighted by atomic mass is 127. The van der Waals surface area contributed by atoms with E-state index in [-0.39, 0.29) is 4.43 Å². The maximum absolute atomic E-state index is 11.5. The Morgan fingerprint density at radius 3 is 2.04 bits per heavy atom. The molecule has 1 fully saturated rings. The number of nitrogens with zero attached hydrogens (tertiary/aromatic N) is 3. The second kappa shape index (κ2) is 9.17. The van der Waals surface area contributed by atoms with Crippen molar-refractivity contribution in [1.82, 2.24) is 0 Å². The highest BCUT2D eigenvalue weighted by Crippen LogP contribution is 2.38. The number of carbonyl (C=O) groups is 3. The van der Waals surface area contributed by atoms with Crippen molar-refractivity contribution in [3.63, 3.8) is 0 Å². The van der Waals surface area contributed by atoms with E-state index in [0.717, 1.165) is 20.8 Å². The van der Waals surface area contributed by atoms with E-state index in [2.05, 4.69) is 10.0 Å². The number of alkyl halides is 1. The van der Waals surface area contributed by atoms with Gasteiger partial charge in [0, 0.05) is 32.8 Å². The molecule has 0 amide bonds. The first-order valence-electron chi connectivity index (χ1n) is 7.05. The Hall–Kier alpha value is -1.63. The van der Waals surface area contributed by atoms with E-state index in [0.29, 0.717) is 0 Å². The fourth-order valence-corrected chi connectivity index (χ4v) is 3.29. The molecule has 1 aliphatic heterocycles. The third-order valence-electron chi connectivity index (χ3n) is 3.25. The van der Waals surface area contributed by atoms with Crippen LogP contribution in [0.3, 0.4) is 0 Å². The van der Waals surface area contributed by atoms with Crippen molar-refractivity contribution >= 4 is 40.5 Å². The molecule has 140 valence electrons. The Labute approximate surface area is 157 Å². The second-order valence-electron chi connectivity index (χ2n) is 5.04. The molecule has 0 bridgehead atoms. The summed E-state index contributed by atoms with van der Waals surface area (Å²) in [7, 11) is 1.29. The van der Waals surface area contributed by atoms with Gasteiger partial charge < -0.3 is 23.7 Å². The van der Waals surface area contributed by atoms with Crippen LogP contribution in [0.2, 0.25) is 0 Å². The van der Waals surface area contributed by atoms with Gasteiger partial charge in [-0.05, 0) is 5.53 Å². The van der Waals surface area contributed by atoms with E-state index in [4.69, 9.17) is 29.2 Å². The number of hydrogen-bond donors (Lipinski definition) is 0. The predicted octanol–water partition coefficient (Wildman–Crippen LogP) is 1.23. The minimum atomic E-state index is -1.58. The number of ether oxygens (including phenoxy) is 5. The topological polar surface area (TPSA) is 146 Å². The molecule has 5 atom stereocenters. The summed E-state index contributed by atoms with van der Waals surface area (Å²) in [6, 6.07) is 0. The molecule has 11 nitrogen and oxygen atoms in total. The smallest absolute Gasteiger partial charge is 0.303 e. The van der Waals surface area contributed by atoms with Gasteiger partial charge in [-0.1, -0.05) is 27.7 Å². The van der Waals surface area contributed by atoms with Crippen LogP contribution in [0.25, 0.3) is 10.4 Å². The number of halogens is 1. The minimum absolute atomic E-state index is 0.126. The lowest BCUT2D eigenvalue weighted by molar-refractivity contribution is -0.344. The molecule has 0 saturated carbocycles. The third kappa shape index (κ3) is 5.17. The molecule has 1 saturated heterocycles. The fourth-order valence-electron chi connectivity index (χ4n) is 2.36. The van der Waals surface area contributed by atoms with Crippen LogP contribution in [0.1, 0.15) is 20.8 Å². The van der Waals surface area contributed by atoms with Gasteiger partial charge in [-0.25, -0.2) is 0 Å². The Kier molecular flexibility index (Phi) is 7.86. The van der Waals surface area contributed by atoms with E-state index in [9.17, 15) is 14.4 Å². The zero-order valence-corrected chi connectivity index (χ0v) is 16.2. The summed E-state index contributed by atoms with van der Waals surface area (Å²) in [5.74, 6) is -3.73. The Balaban J connectivity index is 3.47. The predicted molar refractivity (Wildman–Crippen MR) is 89.3 cm³/mol. The number of carbonyl (C=O) groups excluding carboxylic acids is 3. The molecule has 25 heavy (non-hydrogen) atoms. The largest absolute Gasteiger partial charge is 0.455 e. The number of hydrogen-bond acceptors (Lipinski definition) is 9. The molecule has 0 unspecified atom stereocenters. The van der Waals surface area contributed by atoms with Crippen molar-refractivity contribution in [2.45, 2.75) is 51.1 Å². The summed E-state index contributed by atoms with van der Waals surface area (Å²) in [6.45, 7) is 3.40. The van der Waals surface area contributed by atoms with Gasteiger partial charge in [0.1, 0.15) is 0 Å². The Morgan fingerprint density at radius 1 is 1.12 bits per heavy atom. The lowest BCUT2D eigenvalue weighted by atomic mass is 9.95. The molecule has 0 radical (unpaired) electrons. The lowest BCUT2D eigenvalue weighted by Crippen LogP contribution is -2.68. The number of azide groups is 1. The summed E-state index contributed by atoms with van der Waals surface area (Å²) in [5, 5.41) is 3.45. The van der Waals surface area contributed by atoms with E-state index in [1.807, 2.05) is 22.6 Å². The fraction of sp³-hybridized carbons (Fsp3) is 0.769. The van der Waals surface area contributed by atoms with Crippen molar-refractivity contribution < 1.29 is 38.1 Å². The summed E-state index contributed by atoms with van der Waals surface area (Å²) >= 11 is 1.91. The van der Waals surface area contributed by atoms with Gasteiger partial charge in [-0.3, -0.25) is 14.4 Å². The van der Waals surface area contributed by atoms with Crippen molar-refractivity contribution in [3.05, 3.63) is 10.4 Å². The molecular formula is C13H18IN3O8. The van der Waals surface area contributed by atoms with Crippen LogP contribution in [0.4, 0.5) is 0 Å². The minimum Gasteiger partial charge on any atom is -0.455 e. The van der Waals surface area contributed by atoms with Crippen LogP contribution in [-0.2, 0) is 38.1 Å². The van der Waals surface area contributed by atoms with Crippen molar-refractivity contribution in [2.24, 2.45) is 5.11 Å². The first-order valence-corrected chi connectivity index (χ1v) is 8.58. The van der Waals surface area contributed by atoms with E-state index >= 15 is 0 Å². The Morgan fingerprint density at radius 2 is 1.64 bits per heavy atom. The average Bonchev–Trinajstić information content (AvgIpc) is 2.52. The number of esters is 3. The SMILES string of the molecule is CO[C@]1(CI)O[C@@H](N=[N+]=[N-])[C@H](OC(C)=O)[C@@H](OC(C)=O)[C@H]1OC(C)=O. The van der Waals surface area contributed by atoms with Crippen LogP contribution < -0.4 is 0 Å². The van der Waals surface area contributed by atoms with Crippen molar-refractivity contribution in [1.29, 1.82) is 0 Å². The highest BCUT2D eigenvalue weighted by molar-refractivity contribution is 14.1. The maximum Gasteiger partial charge on any atom is 0.303 e. The normalized spacial score (nSPS) is 31.4. The molecular weight excluding hydrogens is 453 g/mol. The van der Waals surface area contributed by atoms with Gasteiger partial charge >= 0.3 is 17.9 Å².